The van der Waals surface area contributed by atoms with Gasteiger partial charge in [-0.25, -0.2) is 0 Å². The predicted molar refractivity (Wildman–Crippen MR) is 81.5 cm³/mol. The van der Waals surface area contributed by atoms with E-state index in [1.807, 2.05) is 11.7 Å². The average molecular weight is 266 g/mol. The monoisotopic (exact) mass is 266 g/mol. The number of hydrogen-bond acceptors (Lipinski definition) is 3. The molecular weight excluding hydrogens is 236 g/mol. The first kappa shape index (κ1) is 16.2. The van der Waals surface area contributed by atoms with E-state index in [0.29, 0.717) is 12.1 Å². The molecule has 2 atom stereocenters. The average Bonchev–Trinajstić information content (AvgIpc) is 2.61. The van der Waals surface area contributed by atoms with E-state index in [4.69, 9.17) is 0 Å². The van der Waals surface area contributed by atoms with E-state index < -0.39 is 0 Å². The van der Waals surface area contributed by atoms with Gasteiger partial charge in [0.15, 0.2) is 0 Å². The maximum absolute atomic E-state index is 4.48. The lowest BCUT2D eigenvalue weighted by Gasteiger charge is -2.24. The van der Waals surface area contributed by atoms with Crippen LogP contribution in [-0.4, -0.2) is 40.9 Å². The van der Waals surface area contributed by atoms with Crippen molar-refractivity contribution < 1.29 is 0 Å². The molecule has 1 rings (SSSR count). The van der Waals surface area contributed by atoms with E-state index in [1.165, 1.54) is 17.7 Å². The van der Waals surface area contributed by atoms with Crippen LogP contribution in [0.1, 0.15) is 50.2 Å². The van der Waals surface area contributed by atoms with Crippen LogP contribution in [0.15, 0.2) is 0 Å². The van der Waals surface area contributed by atoms with Gasteiger partial charge in [0.25, 0.3) is 0 Å². The Kier molecular flexibility index (Phi) is 6.01. The third-order valence-electron chi connectivity index (χ3n) is 4.26. The Morgan fingerprint density at radius 2 is 1.95 bits per heavy atom. The Bertz CT molecular complexity index is 397. The number of hydrogen-bond donors (Lipinski definition) is 1. The molecule has 0 spiro atoms. The highest BCUT2D eigenvalue weighted by Crippen LogP contribution is 2.20. The van der Waals surface area contributed by atoms with Gasteiger partial charge in [-0.15, -0.1) is 0 Å². The minimum absolute atomic E-state index is 0.360. The quantitative estimate of drug-likeness (QED) is 0.823. The SMILES string of the molecule is CCC(C)N(C)CCNC(C)c1c(C)nn(C)c1C. The summed E-state index contributed by atoms with van der Waals surface area (Å²) in [4.78, 5) is 2.41. The number of aryl methyl sites for hydroxylation is 2. The fraction of sp³-hybridized carbons (Fsp3) is 0.800. The van der Waals surface area contributed by atoms with E-state index in [0.717, 1.165) is 18.8 Å². The molecule has 0 aliphatic carbocycles. The molecule has 0 aliphatic rings. The molecule has 2 unspecified atom stereocenters. The van der Waals surface area contributed by atoms with Crippen molar-refractivity contribution in [1.29, 1.82) is 0 Å². The van der Waals surface area contributed by atoms with Crippen molar-refractivity contribution in [3.05, 3.63) is 17.0 Å². The van der Waals surface area contributed by atoms with E-state index in [1.54, 1.807) is 0 Å². The Morgan fingerprint density at radius 1 is 1.32 bits per heavy atom. The molecule has 0 saturated carbocycles. The van der Waals surface area contributed by atoms with Gasteiger partial charge in [-0.1, -0.05) is 6.92 Å². The molecular formula is C15H30N4. The number of likely N-dealkylation sites (N-methyl/N-ethyl adjacent to an activating group) is 1. The smallest absolute Gasteiger partial charge is 0.0644 e. The van der Waals surface area contributed by atoms with Gasteiger partial charge in [0.2, 0.25) is 0 Å². The molecule has 0 aromatic carbocycles. The third-order valence-corrected chi connectivity index (χ3v) is 4.26. The summed E-state index contributed by atoms with van der Waals surface area (Å²) in [5.74, 6) is 0. The molecule has 0 saturated heterocycles. The largest absolute Gasteiger partial charge is 0.309 e. The summed E-state index contributed by atoms with van der Waals surface area (Å²) >= 11 is 0. The lowest BCUT2D eigenvalue weighted by atomic mass is 10.1. The molecule has 1 aromatic heterocycles. The summed E-state index contributed by atoms with van der Waals surface area (Å²) in [5.41, 5.74) is 3.73. The summed E-state index contributed by atoms with van der Waals surface area (Å²) in [6, 6.07) is 1.01. The number of rotatable bonds is 7. The second-order valence-electron chi connectivity index (χ2n) is 5.62. The molecule has 1 aromatic rings. The fourth-order valence-electron chi connectivity index (χ4n) is 2.51. The lowest BCUT2D eigenvalue weighted by Crippen LogP contribution is -2.35. The molecule has 4 nitrogen and oxygen atoms in total. The molecule has 1 N–H and O–H groups in total. The normalized spacial score (nSPS) is 14.9. The van der Waals surface area contributed by atoms with Gasteiger partial charge >= 0.3 is 0 Å². The highest BCUT2D eigenvalue weighted by atomic mass is 15.3. The molecule has 110 valence electrons. The minimum atomic E-state index is 0.360. The van der Waals surface area contributed by atoms with Gasteiger partial charge < -0.3 is 10.2 Å². The maximum Gasteiger partial charge on any atom is 0.0644 e. The molecule has 19 heavy (non-hydrogen) atoms. The van der Waals surface area contributed by atoms with Crippen LogP contribution in [0, 0.1) is 13.8 Å². The third kappa shape index (κ3) is 4.05. The second kappa shape index (κ2) is 7.06. The molecule has 0 aliphatic heterocycles. The number of nitrogens with zero attached hydrogens (tertiary/aromatic N) is 3. The van der Waals surface area contributed by atoms with Crippen LogP contribution in [-0.2, 0) is 7.05 Å². The highest BCUT2D eigenvalue weighted by Gasteiger charge is 2.16. The van der Waals surface area contributed by atoms with E-state index in [9.17, 15) is 0 Å². The number of aromatic nitrogens is 2. The summed E-state index contributed by atoms with van der Waals surface area (Å²) in [5, 5.41) is 8.09. The topological polar surface area (TPSA) is 33.1 Å². The second-order valence-corrected chi connectivity index (χ2v) is 5.62. The van der Waals surface area contributed by atoms with Gasteiger partial charge in [0.1, 0.15) is 0 Å². The molecule has 0 fully saturated rings. The van der Waals surface area contributed by atoms with Gasteiger partial charge in [0.05, 0.1) is 5.69 Å². The van der Waals surface area contributed by atoms with E-state index in [2.05, 4.69) is 57.0 Å². The van der Waals surface area contributed by atoms with Crippen LogP contribution in [0.5, 0.6) is 0 Å². The van der Waals surface area contributed by atoms with Gasteiger partial charge in [-0.3, -0.25) is 4.68 Å². The van der Waals surface area contributed by atoms with Crippen molar-refractivity contribution in [2.75, 3.05) is 20.1 Å². The summed E-state index contributed by atoms with van der Waals surface area (Å²) in [6.45, 7) is 13.1. The summed E-state index contributed by atoms with van der Waals surface area (Å²) in [7, 11) is 4.20. The summed E-state index contributed by atoms with van der Waals surface area (Å²) < 4.78 is 1.97. The van der Waals surface area contributed by atoms with Crippen LogP contribution < -0.4 is 5.32 Å². The van der Waals surface area contributed by atoms with Crippen molar-refractivity contribution in [2.45, 2.75) is 53.1 Å². The van der Waals surface area contributed by atoms with E-state index in [-0.39, 0.29) is 0 Å². The van der Waals surface area contributed by atoms with Crippen molar-refractivity contribution in [3.63, 3.8) is 0 Å². The zero-order valence-corrected chi connectivity index (χ0v) is 13.6. The van der Waals surface area contributed by atoms with Gasteiger partial charge in [-0.05, 0) is 41.2 Å². The predicted octanol–water partition coefficient (Wildman–Crippen LogP) is 2.42. The highest BCUT2D eigenvalue weighted by molar-refractivity contribution is 5.27. The van der Waals surface area contributed by atoms with Gasteiger partial charge in [-0.2, -0.15) is 5.10 Å². The Hall–Kier alpha value is -0.870. The van der Waals surface area contributed by atoms with Crippen LogP contribution >= 0.6 is 0 Å². The van der Waals surface area contributed by atoms with Crippen LogP contribution in [0.4, 0.5) is 0 Å². The fourth-order valence-corrected chi connectivity index (χ4v) is 2.51. The molecule has 0 radical (unpaired) electrons. The van der Waals surface area contributed by atoms with Crippen LogP contribution in [0.3, 0.4) is 0 Å². The first-order valence-corrected chi connectivity index (χ1v) is 7.32. The van der Waals surface area contributed by atoms with Gasteiger partial charge in [0, 0.05) is 43.5 Å². The first-order chi connectivity index (χ1) is 8.88. The Morgan fingerprint density at radius 3 is 2.42 bits per heavy atom. The van der Waals surface area contributed by atoms with Crippen molar-refractivity contribution in [3.8, 4) is 0 Å². The Labute approximate surface area is 118 Å². The molecule has 4 heteroatoms. The molecule has 0 bridgehead atoms. The van der Waals surface area contributed by atoms with E-state index >= 15 is 0 Å². The van der Waals surface area contributed by atoms with Crippen LogP contribution in [0.2, 0.25) is 0 Å². The van der Waals surface area contributed by atoms with Crippen molar-refractivity contribution in [2.24, 2.45) is 7.05 Å². The molecule has 0 amide bonds. The maximum atomic E-state index is 4.48. The minimum Gasteiger partial charge on any atom is -0.309 e. The summed E-state index contributed by atoms with van der Waals surface area (Å²) in [6.07, 6.45) is 1.20. The molecule has 1 heterocycles. The lowest BCUT2D eigenvalue weighted by molar-refractivity contribution is 0.249. The van der Waals surface area contributed by atoms with Crippen molar-refractivity contribution >= 4 is 0 Å². The zero-order chi connectivity index (χ0) is 14.6. The first-order valence-electron chi connectivity index (χ1n) is 7.32. The van der Waals surface area contributed by atoms with Crippen LogP contribution in [0.25, 0.3) is 0 Å². The zero-order valence-electron chi connectivity index (χ0n) is 13.6. The standard InChI is InChI=1S/C15H30N4/c1-8-11(2)18(6)10-9-16-12(3)15-13(4)17-19(7)14(15)5/h11-12,16H,8-10H2,1-7H3. The number of nitrogens with one attached hydrogen (secondary N) is 1. The van der Waals surface area contributed by atoms with Crippen molar-refractivity contribution in [1.82, 2.24) is 20.0 Å². The Balaban J connectivity index is 2.50.